The van der Waals surface area contributed by atoms with Crippen molar-refractivity contribution >= 4 is 22.4 Å². The molecule has 1 unspecified atom stereocenters. The van der Waals surface area contributed by atoms with Gasteiger partial charge in [-0.05, 0) is 60.0 Å². The van der Waals surface area contributed by atoms with E-state index in [1.54, 1.807) is 31.4 Å². The summed E-state index contributed by atoms with van der Waals surface area (Å²) in [5.41, 5.74) is 0.749. The van der Waals surface area contributed by atoms with Crippen LogP contribution in [-0.2, 0) is 4.79 Å². The molecule has 0 fully saturated rings. The number of hydrogen-bond acceptors (Lipinski definition) is 4. The Bertz CT molecular complexity index is 892. The van der Waals surface area contributed by atoms with Crippen LogP contribution in [0, 0.1) is 0 Å². The van der Waals surface area contributed by atoms with Crippen LogP contribution in [0.1, 0.15) is 12.8 Å². The number of rotatable bonds is 9. The summed E-state index contributed by atoms with van der Waals surface area (Å²) >= 11 is 0. The van der Waals surface area contributed by atoms with Gasteiger partial charge in [-0.2, -0.15) is 0 Å². The maximum Gasteiger partial charge on any atom is 0.326 e. The highest BCUT2D eigenvalue weighted by atomic mass is 16.5. The second kappa shape index (κ2) is 8.94. The first-order valence-electron chi connectivity index (χ1n) is 8.91. The van der Waals surface area contributed by atoms with Gasteiger partial charge >= 0.3 is 5.97 Å². The topological polar surface area (TPSA) is 67.8 Å². The smallest absolute Gasteiger partial charge is 0.326 e. The molecular formula is C22H23NO4. The molecule has 0 aliphatic heterocycles. The van der Waals surface area contributed by atoms with Gasteiger partial charge in [-0.15, -0.1) is 0 Å². The number of methoxy groups -OCH3 is 1. The lowest BCUT2D eigenvalue weighted by molar-refractivity contribution is -0.138. The third-order valence-corrected chi connectivity index (χ3v) is 4.36. The van der Waals surface area contributed by atoms with Crippen LogP contribution in [-0.4, -0.2) is 30.8 Å². The summed E-state index contributed by atoms with van der Waals surface area (Å²) in [4.78, 5) is 11.5. The number of benzene rings is 3. The number of nitrogens with one attached hydrogen (secondary N) is 1. The van der Waals surface area contributed by atoms with Gasteiger partial charge in [-0.1, -0.05) is 30.3 Å². The van der Waals surface area contributed by atoms with Crippen LogP contribution in [0.15, 0.2) is 66.7 Å². The Kier molecular flexibility index (Phi) is 6.15. The van der Waals surface area contributed by atoms with Crippen molar-refractivity contribution in [2.75, 3.05) is 19.0 Å². The maximum atomic E-state index is 11.5. The van der Waals surface area contributed by atoms with E-state index in [9.17, 15) is 9.90 Å². The Balaban J connectivity index is 1.50. The molecule has 27 heavy (non-hydrogen) atoms. The van der Waals surface area contributed by atoms with Crippen molar-refractivity contribution in [2.24, 2.45) is 0 Å². The van der Waals surface area contributed by atoms with Gasteiger partial charge in [0.25, 0.3) is 0 Å². The minimum Gasteiger partial charge on any atom is -0.497 e. The third-order valence-electron chi connectivity index (χ3n) is 4.36. The molecule has 5 nitrogen and oxygen atoms in total. The average Bonchev–Trinajstić information content (AvgIpc) is 2.70. The second-order valence-electron chi connectivity index (χ2n) is 6.26. The number of carbonyl (C=O) groups is 1. The molecule has 0 amide bonds. The van der Waals surface area contributed by atoms with Crippen molar-refractivity contribution in [3.8, 4) is 11.5 Å². The lowest BCUT2D eigenvalue weighted by atomic mass is 10.1. The molecule has 3 rings (SSSR count). The molecule has 0 aliphatic rings. The maximum absolute atomic E-state index is 11.5. The van der Waals surface area contributed by atoms with E-state index in [4.69, 9.17) is 9.47 Å². The van der Waals surface area contributed by atoms with Gasteiger partial charge in [0.15, 0.2) is 0 Å². The number of carboxylic acid groups (broad SMARTS) is 1. The van der Waals surface area contributed by atoms with E-state index < -0.39 is 12.0 Å². The zero-order valence-electron chi connectivity index (χ0n) is 15.2. The number of hydrogen-bond donors (Lipinski definition) is 2. The first-order chi connectivity index (χ1) is 13.2. The molecule has 140 valence electrons. The summed E-state index contributed by atoms with van der Waals surface area (Å²) in [5.74, 6) is 0.649. The van der Waals surface area contributed by atoms with Gasteiger partial charge in [0, 0.05) is 5.69 Å². The quantitative estimate of drug-likeness (QED) is 0.544. The predicted octanol–water partition coefficient (Wildman–Crippen LogP) is 4.57. The molecule has 0 aliphatic carbocycles. The van der Waals surface area contributed by atoms with E-state index in [0.29, 0.717) is 19.4 Å². The Morgan fingerprint density at radius 3 is 2.41 bits per heavy atom. The van der Waals surface area contributed by atoms with Gasteiger partial charge in [0.2, 0.25) is 0 Å². The van der Waals surface area contributed by atoms with E-state index in [2.05, 4.69) is 11.4 Å². The monoisotopic (exact) mass is 365 g/mol. The highest BCUT2D eigenvalue weighted by Gasteiger charge is 2.16. The fourth-order valence-electron chi connectivity index (χ4n) is 2.88. The predicted molar refractivity (Wildman–Crippen MR) is 107 cm³/mol. The highest BCUT2D eigenvalue weighted by molar-refractivity contribution is 5.83. The average molecular weight is 365 g/mol. The van der Waals surface area contributed by atoms with Gasteiger partial charge in [-0.25, -0.2) is 4.79 Å². The first kappa shape index (κ1) is 18.6. The van der Waals surface area contributed by atoms with Crippen LogP contribution in [0.3, 0.4) is 0 Å². The van der Waals surface area contributed by atoms with E-state index in [-0.39, 0.29) is 0 Å². The number of anilines is 1. The van der Waals surface area contributed by atoms with Crippen molar-refractivity contribution in [1.82, 2.24) is 0 Å². The SMILES string of the molecule is COc1ccc(NC(CCCOc2ccc3ccccc3c2)C(=O)O)cc1. The third kappa shape index (κ3) is 5.14. The van der Waals surface area contributed by atoms with Crippen molar-refractivity contribution in [1.29, 1.82) is 0 Å². The van der Waals surface area contributed by atoms with Gasteiger partial charge in [-0.3, -0.25) is 0 Å². The fraction of sp³-hybridized carbons (Fsp3) is 0.227. The summed E-state index contributed by atoms with van der Waals surface area (Å²) < 4.78 is 10.9. The Hall–Kier alpha value is -3.21. The minimum atomic E-state index is -0.878. The summed E-state index contributed by atoms with van der Waals surface area (Å²) in [7, 11) is 1.60. The van der Waals surface area contributed by atoms with Crippen molar-refractivity contribution < 1.29 is 19.4 Å². The summed E-state index contributed by atoms with van der Waals surface area (Å²) in [6, 6.07) is 20.6. The van der Waals surface area contributed by atoms with Crippen LogP contribution in [0.5, 0.6) is 11.5 Å². The number of ether oxygens (including phenoxy) is 2. The Morgan fingerprint density at radius 2 is 1.70 bits per heavy atom. The molecule has 0 aromatic heterocycles. The molecular weight excluding hydrogens is 342 g/mol. The summed E-state index contributed by atoms with van der Waals surface area (Å²) in [5, 5.41) is 14.8. The lowest BCUT2D eigenvalue weighted by Crippen LogP contribution is -2.29. The molecule has 0 spiro atoms. The molecule has 0 bridgehead atoms. The number of fused-ring (bicyclic) bond motifs is 1. The minimum absolute atomic E-state index is 0.465. The van der Waals surface area contributed by atoms with Crippen LogP contribution >= 0.6 is 0 Å². The van der Waals surface area contributed by atoms with Gasteiger partial charge < -0.3 is 19.9 Å². The molecule has 0 saturated heterocycles. The first-order valence-corrected chi connectivity index (χ1v) is 8.91. The van der Waals surface area contributed by atoms with Crippen molar-refractivity contribution in [3.05, 3.63) is 66.7 Å². The van der Waals surface area contributed by atoms with Crippen LogP contribution in [0.2, 0.25) is 0 Å². The number of carboxylic acids is 1. The fourth-order valence-corrected chi connectivity index (χ4v) is 2.88. The van der Waals surface area contributed by atoms with Crippen molar-refractivity contribution in [3.63, 3.8) is 0 Å². The molecule has 0 saturated carbocycles. The number of aliphatic carboxylic acids is 1. The van der Waals surface area contributed by atoms with E-state index in [0.717, 1.165) is 22.6 Å². The lowest BCUT2D eigenvalue weighted by Gasteiger charge is -2.16. The van der Waals surface area contributed by atoms with E-state index in [1.807, 2.05) is 36.4 Å². The van der Waals surface area contributed by atoms with Crippen LogP contribution in [0.25, 0.3) is 10.8 Å². The zero-order chi connectivity index (χ0) is 19.1. The second-order valence-corrected chi connectivity index (χ2v) is 6.26. The Labute approximate surface area is 158 Å². The van der Waals surface area contributed by atoms with Gasteiger partial charge in [0.1, 0.15) is 17.5 Å². The van der Waals surface area contributed by atoms with E-state index >= 15 is 0 Å². The summed E-state index contributed by atoms with van der Waals surface area (Å²) in [6.07, 6.45) is 1.10. The molecule has 1 atom stereocenters. The van der Waals surface area contributed by atoms with Crippen molar-refractivity contribution in [2.45, 2.75) is 18.9 Å². The van der Waals surface area contributed by atoms with E-state index in [1.165, 1.54) is 5.39 Å². The standard InChI is InChI=1S/C22H23NO4/c1-26-19-12-9-18(10-13-19)23-21(22(24)25)7-4-14-27-20-11-8-16-5-2-3-6-17(16)15-20/h2-3,5-6,8-13,15,21,23H,4,7,14H2,1H3,(H,24,25). The Morgan fingerprint density at radius 1 is 1.00 bits per heavy atom. The van der Waals surface area contributed by atoms with Gasteiger partial charge in [0.05, 0.1) is 13.7 Å². The van der Waals surface area contributed by atoms with Crippen LogP contribution in [0.4, 0.5) is 5.69 Å². The normalized spacial score (nSPS) is 11.7. The molecule has 0 heterocycles. The van der Waals surface area contributed by atoms with Crippen LogP contribution < -0.4 is 14.8 Å². The highest BCUT2D eigenvalue weighted by Crippen LogP contribution is 2.21. The summed E-state index contributed by atoms with van der Waals surface area (Å²) in [6.45, 7) is 0.465. The zero-order valence-corrected chi connectivity index (χ0v) is 15.2. The molecule has 5 heteroatoms. The molecule has 3 aromatic carbocycles. The molecule has 0 radical (unpaired) electrons. The molecule has 2 N–H and O–H groups in total. The molecule has 3 aromatic rings. The largest absolute Gasteiger partial charge is 0.497 e.